The summed E-state index contributed by atoms with van der Waals surface area (Å²) in [5.41, 5.74) is 0.949. The van der Waals surface area contributed by atoms with Crippen LogP contribution in [-0.4, -0.2) is 54.3 Å². The Morgan fingerprint density at radius 2 is 1.71 bits per heavy atom. The Kier molecular flexibility index (Phi) is 7.93. The molecular weight excluding hydrogens is 446 g/mol. The van der Waals surface area contributed by atoms with Gasteiger partial charge in [-0.15, -0.1) is 0 Å². The van der Waals surface area contributed by atoms with Crippen molar-refractivity contribution in [3.63, 3.8) is 0 Å². The number of hydrogen-bond donors (Lipinski definition) is 0. The molecule has 1 aliphatic rings. The number of ether oxygens (including phenoxy) is 4. The van der Waals surface area contributed by atoms with Crippen LogP contribution in [0.3, 0.4) is 0 Å². The summed E-state index contributed by atoms with van der Waals surface area (Å²) >= 11 is 0. The minimum Gasteiger partial charge on any atom is -0.463 e. The molecule has 1 amide bonds. The molecule has 0 bridgehead atoms. The molecule has 0 saturated carbocycles. The van der Waals surface area contributed by atoms with E-state index >= 15 is 0 Å². The maximum atomic E-state index is 13.1. The van der Waals surface area contributed by atoms with Crippen LogP contribution in [-0.2, 0) is 35.1 Å². The second-order valence-corrected chi connectivity index (χ2v) is 7.70. The highest BCUT2D eigenvalue weighted by Gasteiger charge is 2.51. The maximum absolute atomic E-state index is 13.1. The van der Waals surface area contributed by atoms with Gasteiger partial charge in [0.1, 0.15) is 29.7 Å². The van der Waals surface area contributed by atoms with Crippen molar-refractivity contribution >= 4 is 24.0 Å². The molecule has 0 N–H and O–H groups in total. The lowest BCUT2D eigenvalue weighted by atomic mass is 10.1. The first kappa shape index (κ1) is 24.8. The van der Waals surface area contributed by atoms with E-state index in [1.807, 2.05) is 18.2 Å². The number of benzene rings is 1. The van der Waals surface area contributed by atoms with Gasteiger partial charge >= 0.3 is 24.0 Å². The SMILES string of the molecule is CCOC(=O)c1cc([C@H]2[C@H](OC(C)=O)[C@H](OC(C)=O)CN2C(=O)OCc2ccccc2)oc1C. The molecule has 1 saturated heterocycles. The average Bonchev–Trinajstić information content (AvgIpc) is 3.32. The molecule has 2 heterocycles. The van der Waals surface area contributed by atoms with E-state index in [4.69, 9.17) is 23.4 Å². The molecule has 1 aliphatic heterocycles. The van der Waals surface area contributed by atoms with Gasteiger partial charge in [-0.1, -0.05) is 30.3 Å². The first-order valence-electron chi connectivity index (χ1n) is 10.8. The topological polar surface area (TPSA) is 122 Å². The van der Waals surface area contributed by atoms with Crippen LogP contribution in [0.15, 0.2) is 40.8 Å². The molecule has 1 aromatic carbocycles. The van der Waals surface area contributed by atoms with E-state index in [1.165, 1.54) is 24.8 Å². The molecule has 2 aromatic rings. The van der Waals surface area contributed by atoms with Crippen LogP contribution in [0.25, 0.3) is 0 Å². The predicted octanol–water partition coefficient (Wildman–Crippen LogP) is 3.32. The van der Waals surface area contributed by atoms with Gasteiger partial charge < -0.3 is 23.4 Å². The van der Waals surface area contributed by atoms with Gasteiger partial charge in [-0.05, 0) is 25.5 Å². The van der Waals surface area contributed by atoms with E-state index in [9.17, 15) is 19.2 Å². The summed E-state index contributed by atoms with van der Waals surface area (Å²) in [6.07, 6.45) is -2.77. The number of likely N-dealkylation sites (tertiary alicyclic amines) is 1. The summed E-state index contributed by atoms with van der Waals surface area (Å²) in [6.45, 7) is 5.74. The van der Waals surface area contributed by atoms with Gasteiger partial charge in [-0.25, -0.2) is 9.59 Å². The summed E-state index contributed by atoms with van der Waals surface area (Å²) in [6, 6.07) is 9.52. The molecule has 3 rings (SSSR count). The van der Waals surface area contributed by atoms with Crippen LogP contribution in [0.1, 0.15) is 54.3 Å². The van der Waals surface area contributed by atoms with E-state index in [0.29, 0.717) is 0 Å². The summed E-state index contributed by atoms with van der Waals surface area (Å²) in [4.78, 5) is 50.2. The fourth-order valence-electron chi connectivity index (χ4n) is 3.81. The zero-order valence-corrected chi connectivity index (χ0v) is 19.4. The third-order valence-electron chi connectivity index (χ3n) is 5.17. The number of furan rings is 1. The average molecular weight is 473 g/mol. The normalized spacial score (nSPS) is 19.4. The largest absolute Gasteiger partial charge is 0.463 e. The third kappa shape index (κ3) is 5.75. The second kappa shape index (κ2) is 10.9. The molecule has 34 heavy (non-hydrogen) atoms. The number of nitrogens with zero attached hydrogens (tertiary/aromatic N) is 1. The van der Waals surface area contributed by atoms with E-state index in [1.54, 1.807) is 26.0 Å². The summed E-state index contributed by atoms with van der Waals surface area (Å²) in [5, 5.41) is 0. The Morgan fingerprint density at radius 1 is 1.03 bits per heavy atom. The molecule has 1 fully saturated rings. The number of carbonyl (C=O) groups excluding carboxylic acids is 4. The summed E-state index contributed by atoms with van der Waals surface area (Å²) in [5.74, 6) is -1.41. The van der Waals surface area contributed by atoms with Crippen molar-refractivity contribution in [3.05, 3.63) is 59.0 Å². The van der Waals surface area contributed by atoms with Crippen LogP contribution in [0.5, 0.6) is 0 Å². The fourth-order valence-corrected chi connectivity index (χ4v) is 3.81. The monoisotopic (exact) mass is 473 g/mol. The Balaban J connectivity index is 1.95. The van der Waals surface area contributed by atoms with Gasteiger partial charge in [-0.2, -0.15) is 0 Å². The zero-order chi connectivity index (χ0) is 24.8. The lowest BCUT2D eigenvalue weighted by Gasteiger charge is -2.25. The van der Waals surface area contributed by atoms with Gasteiger partial charge in [0, 0.05) is 13.8 Å². The van der Waals surface area contributed by atoms with Gasteiger partial charge in [0.05, 0.1) is 13.2 Å². The number of esters is 3. The Morgan fingerprint density at radius 3 is 2.32 bits per heavy atom. The van der Waals surface area contributed by atoms with Crippen molar-refractivity contribution in [2.45, 2.75) is 52.6 Å². The van der Waals surface area contributed by atoms with E-state index in [-0.39, 0.29) is 36.8 Å². The number of aryl methyl sites for hydroxylation is 1. The van der Waals surface area contributed by atoms with Crippen molar-refractivity contribution in [3.8, 4) is 0 Å². The molecule has 3 atom stereocenters. The summed E-state index contributed by atoms with van der Waals surface area (Å²) in [7, 11) is 0. The minimum absolute atomic E-state index is 0.00458. The van der Waals surface area contributed by atoms with Crippen LogP contribution in [0, 0.1) is 6.92 Å². The predicted molar refractivity (Wildman–Crippen MR) is 117 cm³/mol. The highest BCUT2D eigenvalue weighted by Crippen LogP contribution is 2.38. The standard InChI is InChI=1S/C24H27NO9/c1-5-30-23(28)18-11-19(32-14(18)2)21-22(34-16(4)27)20(33-15(3)26)12-25(21)24(29)31-13-17-9-7-6-8-10-17/h6-11,20-22H,5,12-13H2,1-4H3/t20-,21+,22-/m1/s1. The van der Waals surface area contributed by atoms with Crippen molar-refractivity contribution in [2.24, 2.45) is 0 Å². The molecule has 10 heteroatoms. The molecule has 182 valence electrons. The van der Waals surface area contributed by atoms with Crippen LogP contribution < -0.4 is 0 Å². The van der Waals surface area contributed by atoms with Gasteiger partial charge in [0.15, 0.2) is 12.2 Å². The van der Waals surface area contributed by atoms with E-state index in [0.717, 1.165) is 5.56 Å². The third-order valence-corrected chi connectivity index (χ3v) is 5.17. The molecule has 1 aromatic heterocycles. The Hall–Kier alpha value is -3.82. The van der Waals surface area contributed by atoms with Gasteiger partial charge in [0.25, 0.3) is 0 Å². The van der Waals surface area contributed by atoms with Gasteiger partial charge in [0.2, 0.25) is 0 Å². The molecule has 0 aliphatic carbocycles. The first-order valence-corrected chi connectivity index (χ1v) is 10.8. The lowest BCUT2D eigenvalue weighted by Crippen LogP contribution is -2.35. The maximum Gasteiger partial charge on any atom is 0.410 e. The Labute approximate surface area is 196 Å². The van der Waals surface area contributed by atoms with Crippen molar-refractivity contribution in [2.75, 3.05) is 13.2 Å². The quantitative estimate of drug-likeness (QED) is 0.440. The van der Waals surface area contributed by atoms with Crippen molar-refractivity contribution < 1.29 is 42.5 Å². The number of amides is 1. The fraction of sp³-hybridized carbons (Fsp3) is 0.417. The van der Waals surface area contributed by atoms with E-state index < -0.39 is 42.3 Å². The molecule has 0 unspecified atom stereocenters. The minimum atomic E-state index is -1.08. The van der Waals surface area contributed by atoms with Crippen LogP contribution in [0.2, 0.25) is 0 Å². The number of carbonyl (C=O) groups is 4. The van der Waals surface area contributed by atoms with Crippen LogP contribution >= 0.6 is 0 Å². The molecular formula is C24H27NO9. The smallest absolute Gasteiger partial charge is 0.410 e. The van der Waals surface area contributed by atoms with Crippen molar-refractivity contribution in [1.82, 2.24) is 4.90 Å². The highest BCUT2D eigenvalue weighted by molar-refractivity contribution is 5.90. The lowest BCUT2D eigenvalue weighted by molar-refractivity contribution is -0.163. The second-order valence-electron chi connectivity index (χ2n) is 7.70. The van der Waals surface area contributed by atoms with Crippen molar-refractivity contribution in [1.29, 1.82) is 0 Å². The number of hydrogen-bond acceptors (Lipinski definition) is 9. The highest BCUT2D eigenvalue weighted by atomic mass is 16.6. The number of rotatable bonds is 7. The molecule has 0 spiro atoms. The molecule has 10 nitrogen and oxygen atoms in total. The zero-order valence-electron chi connectivity index (χ0n) is 19.4. The van der Waals surface area contributed by atoms with Gasteiger partial charge in [-0.3, -0.25) is 14.5 Å². The molecule has 0 radical (unpaired) electrons. The Bertz CT molecular complexity index is 1050. The summed E-state index contributed by atoms with van der Waals surface area (Å²) < 4.78 is 27.1. The first-order chi connectivity index (χ1) is 16.2. The van der Waals surface area contributed by atoms with Crippen LogP contribution in [0.4, 0.5) is 4.79 Å². The van der Waals surface area contributed by atoms with E-state index in [2.05, 4.69) is 0 Å².